The Bertz CT molecular complexity index is 226. The molecule has 0 bridgehead atoms. The standard InChI is InChI=1S/C13H20/c1-3-7-12-10(5-1)9-11-6-2-4-8-13(11)12/h9-10,12-13H,1-8H2. The van der Waals surface area contributed by atoms with Gasteiger partial charge < -0.3 is 0 Å². The fourth-order valence-electron chi connectivity index (χ4n) is 3.93. The molecule has 0 spiro atoms. The van der Waals surface area contributed by atoms with Crippen LogP contribution in [0, 0.1) is 17.8 Å². The summed E-state index contributed by atoms with van der Waals surface area (Å²) in [6.07, 6.45) is 14.7. The maximum atomic E-state index is 2.67. The van der Waals surface area contributed by atoms with Crippen LogP contribution in [0.3, 0.4) is 0 Å². The fourth-order valence-corrected chi connectivity index (χ4v) is 3.93. The van der Waals surface area contributed by atoms with Gasteiger partial charge in [0, 0.05) is 0 Å². The van der Waals surface area contributed by atoms with Crippen molar-refractivity contribution in [2.45, 2.75) is 51.4 Å². The molecule has 0 aromatic heterocycles. The average molecular weight is 176 g/mol. The lowest BCUT2D eigenvalue weighted by atomic mass is 9.73. The van der Waals surface area contributed by atoms with Crippen molar-refractivity contribution in [2.24, 2.45) is 17.8 Å². The average Bonchev–Trinajstić information content (AvgIpc) is 2.56. The Morgan fingerprint density at radius 2 is 1.77 bits per heavy atom. The van der Waals surface area contributed by atoms with Crippen LogP contribution in [0.4, 0.5) is 0 Å². The largest absolute Gasteiger partial charge is 0.0816 e. The SMILES string of the molecule is C1=C2CCCCC2C2CCCCC12. The minimum absolute atomic E-state index is 1.01. The smallest absolute Gasteiger partial charge is 0.0169 e. The summed E-state index contributed by atoms with van der Waals surface area (Å²) in [5.41, 5.74) is 1.86. The normalized spacial score (nSPS) is 43.7. The predicted octanol–water partition coefficient (Wildman–Crippen LogP) is 3.92. The Hall–Kier alpha value is -0.260. The molecule has 0 nitrogen and oxygen atoms in total. The van der Waals surface area contributed by atoms with Gasteiger partial charge in [-0.3, -0.25) is 0 Å². The van der Waals surface area contributed by atoms with Crippen molar-refractivity contribution >= 4 is 0 Å². The summed E-state index contributed by atoms with van der Waals surface area (Å²) < 4.78 is 0. The number of hydrogen-bond acceptors (Lipinski definition) is 0. The van der Waals surface area contributed by atoms with Gasteiger partial charge in [0.15, 0.2) is 0 Å². The first-order chi connectivity index (χ1) is 6.45. The number of allylic oxidation sites excluding steroid dienone is 2. The van der Waals surface area contributed by atoms with Crippen LogP contribution in [0.2, 0.25) is 0 Å². The molecule has 0 saturated heterocycles. The highest BCUT2D eigenvalue weighted by Crippen LogP contribution is 2.50. The quantitative estimate of drug-likeness (QED) is 0.491. The van der Waals surface area contributed by atoms with E-state index in [2.05, 4.69) is 6.08 Å². The minimum Gasteiger partial charge on any atom is -0.0816 e. The highest BCUT2D eigenvalue weighted by Gasteiger charge is 2.38. The van der Waals surface area contributed by atoms with Crippen molar-refractivity contribution in [3.05, 3.63) is 11.6 Å². The molecule has 72 valence electrons. The lowest BCUT2D eigenvalue weighted by Crippen LogP contribution is -2.22. The second-order valence-corrected chi connectivity index (χ2v) is 5.21. The Labute approximate surface area is 81.4 Å². The first kappa shape index (κ1) is 8.08. The molecule has 2 fully saturated rings. The van der Waals surface area contributed by atoms with Crippen molar-refractivity contribution < 1.29 is 0 Å². The summed E-state index contributed by atoms with van der Waals surface area (Å²) in [7, 11) is 0. The van der Waals surface area contributed by atoms with Gasteiger partial charge in [0.1, 0.15) is 0 Å². The van der Waals surface area contributed by atoms with Gasteiger partial charge in [-0.1, -0.05) is 30.9 Å². The molecule has 3 aliphatic carbocycles. The van der Waals surface area contributed by atoms with Gasteiger partial charge in [-0.2, -0.15) is 0 Å². The molecule has 0 aromatic carbocycles. The monoisotopic (exact) mass is 176 g/mol. The molecule has 3 aliphatic rings. The van der Waals surface area contributed by atoms with Gasteiger partial charge in [-0.25, -0.2) is 0 Å². The van der Waals surface area contributed by atoms with Gasteiger partial charge in [-0.05, 0) is 49.9 Å². The van der Waals surface area contributed by atoms with Crippen LogP contribution in [-0.2, 0) is 0 Å². The van der Waals surface area contributed by atoms with E-state index in [9.17, 15) is 0 Å². The van der Waals surface area contributed by atoms with E-state index in [1.807, 2.05) is 5.57 Å². The maximum absolute atomic E-state index is 2.67. The first-order valence-electron chi connectivity index (χ1n) is 6.16. The van der Waals surface area contributed by atoms with Crippen LogP contribution >= 0.6 is 0 Å². The molecule has 0 heteroatoms. The van der Waals surface area contributed by atoms with E-state index in [1.54, 1.807) is 0 Å². The lowest BCUT2D eigenvalue weighted by Gasteiger charge is -2.32. The highest BCUT2D eigenvalue weighted by molar-refractivity contribution is 5.20. The summed E-state index contributed by atoms with van der Waals surface area (Å²) in [5, 5.41) is 0. The van der Waals surface area contributed by atoms with Crippen molar-refractivity contribution in [2.75, 3.05) is 0 Å². The van der Waals surface area contributed by atoms with Gasteiger partial charge >= 0.3 is 0 Å². The first-order valence-corrected chi connectivity index (χ1v) is 6.16. The number of fused-ring (bicyclic) bond motifs is 3. The lowest BCUT2D eigenvalue weighted by molar-refractivity contribution is 0.221. The molecule has 3 unspecified atom stereocenters. The van der Waals surface area contributed by atoms with Gasteiger partial charge in [0.2, 0.25) is 0 Å². The molecule has 2 saturated carbocycles. The summed E-state index contributed by atoms with van der Waals surface area (Å²) in [5.74, 6) is 3.13. The van der Waals surface area contributed by atoms with Crippen LogP contribution in [0.25, 0.3) is 0 Å². The third kappa shape index (κ3) is 1.26. The Kier molecular flexibility index (Phi) is 1.96. The molecule has 0 aliphatic heterocycles. The summed E-state index contributed by atoms with van der Waals surface area (Å²) >= 11 is 0. The zero-order chi connectivity index (χ0) is 8.67. The van der Waals surface area contributed by atoms with Gasteiger partial charge in [0.05, 0.1) is 0 Å². The van der Waals surface area contributed by atoms with E-state index >= 15 is 0 Å². The molecule has 0 radical (unpaired) electrons. The second kappa shape index (κ2) is 3.15. The summed E-state index contributed by atoms with van der Waals surface area (Å²) in [4.78, 5) is 0. The number of rotatable bonds is 0. The van der Waals surface area contributed by atoms with E-state index in [0.29, 0.717) is 0 Å². The van der Waals surface area contributed by atoms with Crippen molar-refractivity contribution in [3.63, 3.8) is 0 Å². The van der Waals surface area contributed by atoms with E-state index in [0.717, 1.165) is 17.8 Å². The van der Waals surface area contributed by atoms with Gasteiger partial charge in [-0.15, -0.1) is 0 Å². The second-order valence-electron chi connectivity index (χ2n) is 5.21. The molecule has 3 rings (SSSR count). The third-order valence-corrected chi connectivity index (χ3v) is 4.53. The van der Waals surface area contributed by atoms with Crippen molar-refractivity contribution in [3.8, 4) is 0 Å². The minimum atomic E-state index is 1.01. The fraction of sp³-hybridized carbons (Fsp3) is 0.846. The Morgan fingerprint density at radius 1 is 0.923 bits per heavy atom. The number of hydrogen-bond donors (Lipinski definition) is 0. The van der Waals surface area contributed by atoms with E-state index in [1.165, 1.54) is 51.4 Å². The van der Waals surface area contributed by atoms with E-state index < -0.39 is 0 Å². The molecular weight excluding hydrogens is 156 g/mol. The molecular formula is C13H20. The Balaban J connectivity index is 1.83. The van der Waals surface area contributed by atoms with Crippen molar-refractivity contribution in [1.29, 1.82) is 0 Å². The molecule has 0 amide bonds. The summed E-state index contributed by atoms with van der Waals surface area (Å²) in [6, 6.07) is 0. The third-order valence-electron chi connectivity index (χ3n) is 4.53. The van der Waals surface area contributed by atoms with Crippen LogP contribution in [0.5, 0.6) is 0 Å². The predicted molar refractivity (Wildman–Crippen MR) is 55.5 cm³/mol. The molecule has 3 atom stereocenters. The summed E-state index contributed by atoms with van der Waals surface area (Å²) in [6.45, 7) is 0. The topological polar surface area (TPSA) is 0 Å². The molecule has 0 heterocycles. The van der Waals surface area contributed by atoms with Crippen LogP contribution < -0.4 is 0 Å². The zero-order valence-corrected chi connectivity index (χ0v) is 8.47. The van der Waals surface area contributed by atoms with Gasteiger partial charge in [0.25, 0.3) is 0 Å². The maximum Gasteiger partial charge on any atom is -0.0169 e. The van der Waals surface area contributed by atoms with Crippen LogP contribution in [0.1, 0.15) is 51.4 Å². The van der Waals surface area contributed by atoms with Crippen molar-refractivity contribution in [1.82, 2.24) is 0 Å². The molecule has 0 N–H and O–H groups in total. The van der Waals surface area contributed by atoms with E-state index in [-0.39, 0.29) is 0 Å². The van der Waals surface area contributed by atoms with Crippen LogP contribution in [0.15, 0.2) is 11.6 Å². The molecule has 0 aromatic rings. The zero-order valence-electron chi connectivity index (χ0n) is 8.47. The highest BCUT2D eigenvalue weighted by atomic mass is 14.4. The molecule has 13 heavy (non-hydrogen) atoms. The Morgan fingerprint density at radius 3 is 2.77 bits per heavy atom. The van der Waals surface area contributed by atoms with E-state index in [4.69, 9.17) is 0 Å². The van der Waals surface area contributed by atoms with Crippen LogP contribution in [-0.4, -0.2) is 0 Å².